The number of nitrogens with zero attached hydrogens (tertiary/aromatic N) is 1. The molecule has 1 aliphatic heterocycles. The second-order valence-corrected chi connectivity index (χ2v) is 5.45. The maximum absolute atomic E-state index is 12.0. The van der Waals surface area contributed by atoms with Crippen molar-refractivity contribution < 1.29 is 14.3 Å². The highest BCUT2D eigenvalue weighted by Gasteiger charge is 2.15. The van der Waals surface area contributed by atoms with E-state index in [1.165, 1.54) is 16.2 Å². The molecule has 2 aromatic rings. The average molecular weight is 287 g/mol. The molecule has 0 bridgehead atoms. The number of thiophene rings is 1. The summed E-state index contributed by atoms with van der Waals surface area (Å²) in [5, 5.41) is 0.615. The van der Waals surface area contributed by atoms with Gasteiger partial charge in [-0.05, 0) is 24.3 Å². The maximum atomic E-state index is 12.0. The van der Waals surface area contributed by atoms with E-state index in [-0.39, 0.29) is 5.97 Å². The van der Waals surface area contributed by atoms with Gasteiger partial charge in [0.15, 0.2) is 5.06 Å². The molecule has 0 saturated carbocycles. The summed E-state index contributed by atoms with van der Waals surface area (Å²) in [5.74, 6) is 0.354. The number of esters is 1. The molecular formula is C15H13NO3S. The Kier molecular flexibility index (Phi) is 3.52. The standard InChI is InChI=1S/C15H13NO3S/c1-18-12-4-2-10(3-5-12)15(17)19-14-8-11-9-16-7-6-13(11)20-14/h2-5,8-9H,6-7H2,1H3. The van der Waals surface area contributed by atoms with E-state index in [1.807, 2.05) is 12.3 Å². The second-order valence-electron chi connectivity index (χ2n) is 4.35. The molecule has 0 fully saturated rings. The van der Waals surface area contributed by atoms with Crippen molar-refractivity contribution in [2.24, 2.45) is 4.99 Å². The minimum absolute atomic E-state index is 0.358. The monoisotopic (exact) mass is 287 g/mol. The van der Waals surface area contributed by atoms with Crippen molar-refractivity contribution in [1.82, 2.24) is 0 Å². The number of methoxy groups -OCH3 is 1. The van der Waals surface area contributed by atoms with Gasteiger partial charge in [-0.25, -0.2) is 4.79 Å². The lowest BCUT2D eigenvalue weighted by atomic mass is 10.2. The van der Waals surface area contributed by atoms with E-state index < -0.39 is 0 Å². The molecule has 2 heterocycles. The van der Waals surface area contributed by atoms with E-state index >= 15 is 0 Å². The number of benzene rings is 1. The van der Waals surface area contributed by atoms with E-state index in [9.17, 15) is 4.79 Å². The van der Waals surface area contributed by atoms with Gasteiger partial charge in [0.2, 0.25) is 0 Å². The van der Waals surface area contributed by atoms with Crippen molar-refractivity contribution in [1.29, 1.82) is 0 Å². The number of rotatable bonds is 3. The smallest absolute Gasteiger partial charge is 0.344 e. The van der Waals surface area contributed by atoms with Gasteiger partial charge in [0.05, 0.1) is 12.7 Å². The highest BCUT2D eigenvalue weighted by molar-refractivity contribution is 7.14. The summed E-state index contributed by atoms with van der Waals surface area (Å²) in [4.78, 5) is 17.5. The molecule has 0 radical (unpaired) electrons. The molecule has 1 aromatic heterocycles. The number of hydrogen-bond donors (Lipinski definition) is 0. The van der Waals surface area contributed by atoms with Crippen molar-refractivity contribution in [2.75, 3.05) is 13.7 Å². The Labute approximate surface area is 120 Å². The number of hydrogen-bond acceptors (Lipinski definition) is 5. The third kappa shape index (κ3) is 2.58. The Hall–Kier alpha value is -2.14. The molecule has 0 N–H and O–H groups in total. The van der Waals surface area contributed by atoms with E-state index in [0.29, 0.717) is 16.4 Å². The van der Waals surface area contributed by atoms with E-state index in [0.717, 1.165) is 18.5 Å². The Morgan fingerprint density at radius 3 is 2.80 bits per heavy atom. The summed E-state index contributed by atoms with van der Waals surface area (Å²) in [7, 11) is 1.59. The first-order valence-electron chi connectivity index (χ1n) is 6.25. The topological polar surface area (TPSA) is 47.9 Å². The van der Waals surface area contributed by atoms with Crippen LogP contribution in [0.15, 0.2) is 35.3 Å². The van der Waals surface area contributed by atoms with E-state index in [4.69, 9.17) is 9.47 Å². The van der Waals surface area contributed by atoms with Crippen LogP contribution in [0.4, 0.5) is 0 Å². The van der Waals surface area contributed by atoms with Crippen LogP contribution < -0.4 is 9.47 Å². The minimum Gasteiger partial charge on any atom is -0.497 e. The summed E-state index contributed by atoms with van der Waals surface area (Å²) in [6.45, 7) is 0.805. The van der Waals surface area contributed by atoms with Crippen LogP contribution in [0, 0.1) is 0 Å². The molecule has 1 aliphatic rings. The Morgan fingerprint density at radius 1 is 1.30 bits per heavy atom. The van der Waals surface area contributed by atoms with Crippen molar-refractivity contribution in [3.8, 4) is 10.8 Å². The number of carbonyl (C=O) groups excluding carboxylic acids is 1. The van der Waals surface area contributed by atoms with Crippen molar-refractivity contribution in [2.45, 2.75) is 6.42 Å². The molecular weight excluding hydrogens is 274 g/mol. The molecule has 20 heavy (non-hydrogen) atoms. The Morgan fingerprint density at radius 2 is 2.10 bits per heavy atom. The zero-order valence-electron chi connectivity index (χ0n) is 11.0. The van der Waals surface area contributed by atoms with Crippen molar-refractivity contribution in [3.05, 3.63) is 46.3 Å². The van der Waals surface area contributed by atoms with E-state index in [2.05, 4.69) is 4.99 Å². The molecule has 5 heteroatoms. The van der Waals surface area contributed by atoms with Gasteiger partial charge in [0.25, 0.3) is 0 Å². The fourth-order valence-corrected chi connectivity index (χ4v) is 2.95. The van der Waals surface area contributed by atoms with Gasteiger partial charge in [-0.3, -0.25) is 4.99 Å². The fraction of sp³-hybridized carbons (Fsp3) is 0.200. The summed E-state index contributed by atoms with van der Waals surface area (Å²) in [6, 6.07) is 8.72. The van der Waals surface area contributed by atoms with Gasteiger partial charge in [-0.15, -0.1) is 11.3 Å². The SMILES string of the molecule is COc1ccc(C(=O)Oc2cc3c(s2)CCN=C3)cc1. The van der Waals surface area contributed by atoms with Crippen LogP contribution >= 0.6 is 11.3 Å². The number of ether oxygens (including phenoxy) is 2. The molecule has 0 unspecified atom stereocenters. The van der Waals surface area contributed by atoms with Crippen LogP contribution in [0.3, 0.4) is 0 Å². The number of aliphatic imine (C=N–C) groups is 1. The lowest BCUT2D eigenvalue weighted by Crippen LogP contribution is -2.07. The van der Waals surface area contributed by atoms with Crippen LogP contribution in [0.5, 0.6) is 10.8 Å². The molecule has 0 aliphatic carbocycles. The predicted molar refractivity (Wildman–Crippen MR) is 78.4 cm³/mol. The summed E-state index contributed by atoms with van der Waals surface area (Å²) in [5.41, 5.74) is 1.56. The van der Waals surface area contributed by atoms with Gasteiger partial charge < -0.3 is 9.47 Å². The quantitative estimate of drug-likeness (QED) is 0.815. The van der Waals surface area contributed by atoms with Crippen molar-refractivity contribution >= 4 is 23.5 Å². The molecule has 0 saturated heterocycles. The van der Waals surface area contributed by atoms with E-state index in [1.54, 1.807) is 31.4 Å². The van der Waals surface area contributed by atoms with Crippen LogP contribution in [0.2, 0.25) is 0 Å². The first-order chi connectivity index (χ1) is 9.76. The number of fused-ring (bicyclic) bond motifs is 1. The molecule has 0 amide bonds. The summed E-state index contributed by atoms with van der Waals surface area (Å²) >= 11 is 1.51. The zero-order valence-corrected chi connectivity index (χ0v) is 11.8. The predicted octanol–water partition coefficient (Wildman–Crippen LogP) is 2.95. The normalized spacial score (nSPS) is 12.8. The molecule has 4 nitrogen and oxygen atoms in total. The molecule has 0 spiro atoms. The van der Waals surface area contributed by atoms with Gasteiger partial charge in [-0.2, -0.15) is 0 Å². The molecule has 1 aromatic carbocycles. The van der Waals surface area contributed by atoms with Gasteiger partial charge >= 0.3 is 5.97 Å². The van der Waals surface area contributed by atoms with Crippen LogP contribution in [0.25, 0.3) is 0 Å². The van der Waals surface area contributed by atoms with Crippen molar-refractivity contribution in [3.63, 3.8) is 0 Å². The zero-order chi connectivity index (χ0) is 13.9. The molecule has 3 rings (SSSR count). The second kappa shape index (κ2) is 5.46. The fourth-order valence-electron chi connectivity index (χ4n) is 1.98. The maximum Gasteiger partial charge on any atom is 0.344 e. The van der Waals surface area contributed by atoms with Crippen LogP contribution in [-0.4, -0.2) is 25.8 Å². The Balaban J connectivity index is 1.75. The lowest BCUT2D eigenvalue weighted by Gasteiger charge is -2.03. The summed E-state index contributed by atoms with van der Waals surface area (Å²) < 4.78 is 10.5. The molecule has 0 atom stereocenters. The van der Waals surface area contributed by atoms with Gasteiger partial charge in [0, 0.05) is 35.7 Å². The first kappa shape index (κ1) is 12.9. The third-order valence-corrected chi connectivity index (χ3v) is 4.13. The molecule has 102 valence electrons. The van der Waals surface area contributed by atoms with Gasteiger partial charge in [-0.1, -0.05) is 0 Å². The average Bonchev–Trinajstić information content (AvgIpc) is 2.89. The highest BCUT2D eigenvalue weighted by Crippen LogP contribution is 2.31. The Bertz CT molecular complexity index is 658. The van der Waals surface area contributed by atoms with Gasteiger partial charge in [0.1, 0.15) is 5.75 Å². The summed E-state index contributed by atoms with van der Waals surface area (Å²) in [6.07, 6.45) is 2.75. The van der Waals surface area contributed by atoms with Crippen LogP contribution in [-0.2, 0) is 6.42 Å². The first-order valence-corrected chi connectivity index (χ1v) is 7.06. The number of carbonyl (C=O) groups is 1. The lowest BCUT2D eigenvalue weighted by molar-refractivity contribution is 0.0740. The van der Waals surface area contributed by atoms with Crippen LogP contribution in [0.1, 0.15) is 20.8 Å². The third-order valence-electron chi connectivity index (χ3n) is 3.04. The largest absolute Gasteiger partial charge is 0.497 e. The minimum atomic E-state index is -0.358. The highest BCUT2D eigenvalue weighted by atomic mass is 32.1.